The highest BCUT2D eigenvalue weighted by Gasteiger charge is 2.34. The fraction of sp³-hybridized carbons (Fsp3) is 0.720. The Morgan fingerprint density at radius 2 is 1.69 bits per heavy atom. The predicted octanol–water partition coefficient (Wildman–Crippen LogP) is 3.29. The van der Waals surface area contributed by atoms with Crippen LogP contribution in [-0.2, 0) is 4.74 Å². The second-order valence-corrected chi connectivity index (χ2v) is 9.48. The monoisotopic (exact) mass is 444 g/mol. The van der Waals surface area contributed by atoms with E-state index >= 15 is 0 Å². The Labute approximate surface area is 193 Å². The molecule has 3 heterocycles. The predicted molar refractivity (Wildman–Crippen MR) is 128 cm³/mol. The third-order valence-electron chi connectivity index (χ3n) is 7.02. The van der Waals surface area contributed by atoms with Gasteiger partial charge < -0.3 is 29.1 Å². The average molecular weight is 445 g/mol. The molecule has 0 saturated carbocycles. The first kappa shape index (κ1) is 23.2. The van der Waals surface area contributed by atoms with E-state index in [9.17, 15) is 4.79 Å². The Morgan fingerprint density at radius 3 is 2.41 bits per heavy atom. The normalized spacial score (nSPS) is 25.1. The van der Waals surface area contributed by atoms with Gasteiger partial charge in [-0.25, -0.2) is 4.79 Å². The smallest absolute Gasteiger partial charge is 0.320 e. The number of rotatable bonds is 6. The molecule has 1 aromatic rings. The molecule has 3 aliphatic rings. The Hall–Kier alpha value is -1.99. The molecule has 1 aromatic carbocycles. The minimum Gasteiger partial charge on any atom is -0.494 e. The van der Waals surface area contributed by atoms with Crippen molar-refractivity contribution in [2.45, 2.75) is 51.6 Å². The van der Waals surface area contributed by atoms with Crippen LogP contribution >= 0.6 is 0 Å². The molecule has 0 radical (unpaired) electrons. The van der Waals surface area contributed by atoms with E-state index in [-0.39, 0.29) is 18.1 Å². The lowest BCUT2D eigenvalue weighted by Crippen LogP contribution is -2.61. The van der Waals surface area contributed by atoms with Crippen molar-refractivity contribution in [1.82, 2.24) is 14.7 Å². The zero-order valence-corrected chi connectivity index (χ0v) is 19.9. The first-order chi connectivity index (χ1) is 15.6. The number of likely N-dealkylation sites (tertiary alicyclic amines) is 1. The van der Waals surface area contributed by atoms with Crippen LogP contribution in [-0.4, -0.2) is 98.4 Å². The molecule has 0 spiro atoms. The number of ether oxygens (including phenoxy) is 2. The van der Waals surface area contributed by atoms with Crippen molar-refractivity contribution in [2.24, 2.45) is 0 Å². The Balaban J connectivity index is 1.25. The summed E-state index contributed by atoms with van der Waals surface area (Å²) in [6, 6.07) is 9.07. The number of morpholine rings is 1. The van der Waals surface area contributed by atoms with E-state index in [0.717, 1.165) is 38.4 Å². The zero-order chi connectivity index (χ0) is 22.3. The Kier molecular flexibility index (Phi) is 8.14. The summed E-state index contributed by atoms with van der Waals surface area (Å²) >= 11 is 0. The summed E-state index contributed by atoms with van der Waals surface area (Å²) in [6.45, 7) is 13.0. The molecule has 0 aliphatic carbocycles. The van der Waals surface area contributed by atoms with Gasteiger partial charge in [-0.15, -0.1) is 0 Å². The van der Waals surface area contributed by atoms with Crippen LogP contribution in [0.1, 0.15) is 39.5 Å². The molecular formula is C25H40N4O3. The topological polar surface area (TPSA) is 48.5 Å². The molecule has 178 valence electrons. The lowest BCUT2D eigenvalue weighted by Gasteiger charge is -2.47. The van der Waals surface area contributed by atoms with E-state index in [1.807, 2.05) is 9.80 Å². The molecule has 2 amide bonds. The molecule has 4 rings (SSSR count). The van der Waals surface area contributed by atoms with Gasteiger partial charge in [-0.2, -0.15) is 0 Å². The van der Waals surface area contributed by atoms with Crippen molar-refractivity contribution in [1.29, 1.82) is 0 Å². The number of amides is 2. The van der Waals surface area contributed by atoms with Gasteiger partial charge in [0.05, 0.1) is 19.8 Å². The number of hydrogen-bond donors (Lipinski definition) is 0. The number of carbonyl (C=O) groups excluding carboxylic acids is 1. The van der Waals surface area contributed by atoms with Crippen molar-refractivity contribution >= 4 is 11.7 Å². The second-order valence-electron chi connectivity index (χ2n) is 9.48. The van der Waals surface area contributed by atoms with Gasteiger partial charge in [0.15, 0.2) is 0 Å². The lowest BCUT2D eigenvalue weighted by molar-refractivity contribution is 0.0374. The third kappa shape index (κ3) is 5.87. The maximum Gasteiger partial charge on any atom is 0.320 e. The van der Waals surface area contributed by atoms with Crippen LogP contribution in [0, 0.1) is 0 Å². The van der Waals surface area contributed by atoms with E-state index in [1.54, 1.807) is 0 Å². The summed E-state index contributed by atoms with van der Waals surface area (Å²) in [7, 11) is 0. The van der Waals surface area contributed by atoms with Crippen LogP contribution in [0.3, 0.4) is 0 Å². The van der Waals surface area contributed by atoms with Gasteiger partial charge >= 0.3 is 6.03 Å². The molecular weight excluding hydrogens is 404 g/mol. The van der Waals surface area contributed by atoms with Crippen molar-refractivity contribution in [2.75, 3.05) is 70.5 Å². The van der Waals surface area contributed by atoms with Crippen LogP contribution in [0.2, 0.25) is 0 Å². The number of nitrogens with zero attached hydrogens (tertiary/aromatic N) is 4. The van der Waals surface area contributed by atoms with Crippen molar-refractivity contribution in [3.63, 3.8) is 0 Å². The Bertz CT molecular complexity index is 716. The molecule has 7 heteroatoms. The van der Waals surface area contributed by atoms with Crippen LogP contribution in [0.15, 0.2) is 24.3 Å². The maximum atomic E-state index is 13.0. The summed E-state index contributed by atoms with van der Waals surface area (Å²) in [5.41, 5.74) is 1.20. The van der Waals surface area contributed by atoms with E-state index in [0.29, 0.717) is 26.3 Å². The van der Waals surface area contributed by atoms with Gasteiger partial charge in [-0.05, 0) is 70.5 Å². The Morgan fingerprint density at radius 1 is 0.969 bits per heavy atom. The largest absolute Gasteiger partial charge is 0.494 e. The molecule has 0 N–H and O–H groups in total. The standard InChI is InChI=1S/C25H40N4O3/c1-21-20-29(25(30)27-14-17-31-18-15-27)22(2)19-28(21)23-7-9-24(10-8-23)32-16-6-13-26-11-4-3-5-12-26/h7-10,21-22H,3-6,11-20H2,1-2H3/t21-,22+/m1/s1. The first-order valence-electron chi connectivity index (χ1n) is 12.5. The minimum absolute atomic E-state index is 0.153. The summed E-state index contributed by atoms with van der Waals surface area (Å²) in [5, 5.41) is 0. The quantitative estimate of drug-likeness (QED) is 0.630. The van der Waals surface area contributed by atoms with Gasteiger partial charge in [0.1, 0.15) is 5.75 Å². The van der Waals surface area contributed by atoms with Crippen LogP contribution in [0.4, 0.5) is 10.5 Å². The summed E-state index contributed by atoms with van der Waals surface area (Å²) < 4.78 is 11.4. The van der Waals surface area contributed by atoms with E-state index < -0.39 is 0 Å². The minimum atomic E-state index is 0.153. The number of piperidine rings is 1. The molecule has 2 atom stereocenters. The number of urea groups is 1. The highest BCUT2D eigenvalue weighted by Crippen LogP contribution is 2.26. The molecule has 7 nitrogen and oxygen atoms in total. The highest BCUT2D eigenvalue weighted by molar-refractivity contribution is 5.75. The lowest BCUT2D eigenvalue weighted by atomic mass is 10.1. The van der Waals surface area contributed by atoms with Crippen LogP contribution in [0.5, 0.6) is 5.75 Å². The molecule has 0 unspecified atom stereocenters. The van der Waals surface area contributed by atoms with Crippen molar-refractivity contribution < 1.29 is 14.3 Å². The van der Waals surface area contributed by atoms with Crippen LogP contribution < -0.4 is 9.64 Å². The fourth-order valence-electron chi connectivity index (χ4n) is 5.08. The second kappa shape index (κ2) is 11.2. The number of carbonyl (C=O) groups is 1. The van der Waals surface area contributed by atoms with Gasteiger partial charge in [0.25, 0.3) is 0 Å². The fourth-order valence-corrected chi connectivity index (χ4v) is 5.08. The summed E-state index contributed by atoms with van der Waals surface area (Å²) in [4.78, 5) is 21.9. The summed E-state index contributed by atoms with van der Waals surface area (Å²) in [6.07, 6.45) is 5.15. The SMILES string of the molecule is C[C@@H]1CN(C(=O)N2CCOCC2)[C@@H](C)CN1c1ccc(OCCCN2CCCCC2)cc1. The van der Waals surface area contributed by atoms with E-state index in [4.69, 9.17) is 9.47 Å². The highest BCUT2D eigenvalue weighted by atomic mass is 16.5. The third-order valence-corrected chi connectivity index (χ3v) is 7.02. The van der Waals surface area contributed by atoms with Crippen LogP contribution in [0.25, 0.3) is 0 Å². The number of piperazine rings is 1. The van der Waals surface area contributed by atoms with Gasteiger partial charge in [0.2, 0.25) is 0 Å². The number of benzene rings is 1. The molecule has 3 fully saturated rings. The molecule has 0 bridgehead atoms. The van der Waals surface area contributed by atoms with Gasteiger partial charge in [-0.1, -0.05) is 6.42 Å². The van der Waals surface area contributed by atoms with Gasteiger partial charge in [0, 0.05) is 50.5 Å². The molecule has 32 heavy (non-hydrogen) atoms. The molecule has 0 aromatic heterocycles. The van der Waals surface area contributed by atoms with Crippen molar-refractivity contribution in [3.8, 4) is 5.75 Å². The first-order valence-corrected chi connectivity index (χ1v) is 12.5. The van der Waals surface area contributed by atoms with E-state index in [1.165, 1.54) is 38.0 Å². The maximum absolute atomic E-state index is 13.0. The number of hydrogen-bond acceptors (Lipinski definition) is 5. The van der Waals surface area contributed by atoms with E-state index in [2.05, 4.69) is 47.9 Å². The summed E-state index contributed by atoms with van der Waals surface area (Å²) in [5.74, 6) is 0.939. The molecule has 3 saturated heterocycles. The van der Waals surface area contributed by atoms with Gasteiger partial charge in [-0.3, -0.25) is 0 Å². The molecule has 3 aliphatic heterocycles. The zero-order valence-electron chi connectivity index (χ0n) is 19.9. The van der Waals surface area contributed by atoms with Crippen molar-refractivity contribution in [3.05, 3.63) is 24.3 Å². The average Bonchev–Trinajstić information content (AvgIpc) is 2.84. The number of anilines is 1.